The number of carbonyl (C=O) groups is 3. The standard InChI is InChI=1S/C23H32FN5O3/c1-4-27-14-11-23(19(27)30)16-29(21(32)26(2)3)15-22(23)9-12-28(13-10-22)20(31)25-18-7-5-17(24)6-8-18/h5-8H,4,9-16H2,1-3H3,(H,25,31)/t23-/m0/s1. The molecule has 0 saturated carbocycles. The van der Waals surface area contributed by atoms with Crippen LogP contribution in [0.15, 0.2) is 24.3 Å². The van der Waals surface area contributed by atoms with Crippen LogP contribution in [0.4, 0.5) is 19.7 Å². The molecule has 1 atom stereocenters. The maximum absolute atomic E-state index is 13.5. The molecule has 8 nitrogen and oxygen atoms in total. The number of nitrogens with one attached hydrogen (secondary N) is 1. The SMILES string of the molecule is CCN1CC[C@]2(CN(C(=O)N(C)C)CC23CCN(C(=O)Nc2ccc(F)cc2)CC3)C1=O. The van der Waals surface area contributed by atoms with Crippen LogP contribution < -0.4 is 5.32 Å². The van der Waals surface area contributed by atoms with E-state index < -0.39 is 5.41 Å². The van der Waals surface area contributed by atoms with Crippen LogP contribution in [0.25, 0.3) is 0 Å². The molecule has 5 amide bonds. The molecule has 1 N–H and O–H groups in total. The summed E-state index contributed by atoms with van der Waals surface area (Å²) in [5, 5.41) is 2.82. The van der Waals surface area contributed by atoms with E-state index in [-0.39, 0.29) is 29.2 Å². The van der Waals surface area contributed by atoms with Gasteiger partial charge >= 0.3 is 12.1 Å². The van der Waals surface area contributed by atoms with Gasteiger partial charge < -0.3 is 24.9 Å². The Hall–Kier alpha value is -2.84. The first kappa shape index (κ1) is 22.4. The molecule has 3 aliphatic rings. The van der Waals surface area contributed by atoms with E-state index in [1.807, 2.05) is 16.7 Å². The largest absolute Gasteiger partial charge is 0.342 e. The van der Waals surface area contributed by atoms with E-state index in [1.54, 1.807) is 23.9 Å². The van der Waals surface area contributed by atoms with Gasteiger partial charge in [-0.25, -0.2) is 14.0 Å². The number of hydrogen-bond acceptors (Lipinski definition) is 3. The van der Waals surface area contributed by atoms with Gasteiger partial charge in [0.25, 0.3) is 0 Å². The molecular weight excluding hydrogens is 413 g/mol. The van der Waals surface area contributed by atoms with E-state index in [2.05, 4.69) is 5.32 Å². The van der Waals surface area contributed by atoms with Crippen LogP contribution in [0, 0.1) is 16.6 Å². The van der Waals surface area contributed by atoms with E-state index in [1.165, 1.54) is 24.3 Å². The lowest BCUT2D eigenvalue weighted by Crippen LogP contribution is -2.54. The zero-order valence-corrected chi connectivity index (χ0v) is 19.1. The number of hydrogen-bond donors (Lipinski definition) is 1. The van der Waals surface area contributed by atoms with Crippen molar-refractivity contribution in [3.8, 4) is 0 Å². The highest BCUT2D eigenvalue weighted by Crippen LogP contribution is 2.58. The van der Waals surface area contributed by atoms with Gasteiger partial charge in [-0.3, -0.25) is 4.79 Å². The first-order valence-corrected chi connectivity index (χ1v) is 11.3. The fourth-order valence-electron chi connectivity index (χ4n) is 5.77. The van der Waals surface area contributed by atoms with E-state index in [0.29, 0.717) is 51.3 Å². The summed E-state index contributed by atoms with van der Waals surface area (Å²) in [6, 6.07) is 5.39. The molecular formula is C23H32FN5O3. The molecule has 0 bridgehead atoms. The first-order valence-electron chi connectivity index (χ1n) is 11.3. The van der Waals surface area contributed by atoms with Crippen molar-refractivity contribution in [3.05, 3.63) is 30.1 Å². The van der Waals surface area contributed by atoms with Crippen LogP contribution in [-0.4, -0.2) is 90.9 Å². The lowest BCUT2D eigenvalue weighted by molar-refractivity contribution is -0.141. The number of amides is 5. The fourth-order valence-corrected chi connectivity index (χ4v) is 5.77. The monoisotopic (exact) mass is 445 g/mol. The number of urea groups is 2. The Morgan fingerprint density at radius 3 is 2.25 bits per heavy atom. The molecule has 0 unspecified atom stereocenters. The van der Waals surface area contributed by atoms with Crippen molar-refractivity contribution in [2.24, 2.45) is 10.8 Å². The van der Waals surface area contributed by atoms with Gasteiger partial charge in [-0.1, -0.05) is 0 Å². The Morgan fingerprint density at radius 1 is 1.03 bits per heavy atom. The molecule has 2 spiro atoms. The number of piperidine rings is 1. The Morgan fingerprint density at radius 2 is 1.69 bits per heavy atom. The Labute approximate surface area is 188 Å². The topological polar surface area (TPSA) is 76.2 Å². The third-order valence-electron chi connectivity index (χ3n) is 7.61. The highest BCUT2D eigenvalue weighted by atomic mass is 19.1. The molecule has 3 heterocycles. The van der Waals surface area contributed by atoms with Crippen LogP contribution in [0.3, 0.4) is 0 Å². The summed E-state index contributed by atoms with van der Waals surface area (Å²) in [5.74, 6) is -0.202. The Kier molecular flexibility index (Phi) is 5.77. The second kappa shape index (κ2) is 8.26. The van der Waals surface area contributed by atoms with Gasteiger partial charge in [-0.05, 0) is 50.5 Å². The van der Waals surface area contributed by atoms with E-state index in [0.717, 1.165) is 13.0 Å². The summed E-state index contributed by atoms with van der Waals surface area (Å²) >= 11 is 0. The third-order valence-corrected chi connectivity index (χ3v) is 7.61. The Bertz CT molecular complexity index is 897. The molecule has 1 aromatic rings. The van der Waals surface area contributed by atoms with Crippen LogP contribution in [0.1, 0.15) is 26.2 Å². The molecule has 174 valence electrons. The second-order valence-electron chi connectivity index (χ2n) is 9.45. The molecule has 32 heavy (non-hydrogen) atoms. The van der Waals surface area contributed by atoms with Gasteiger partial charge in [-0.2, -0.15) is 0 Å². The number of carbonyl (C=O) groups excluding carboxylic acids is 3. The summed E-state index contributed by atoms with van der Waals surface area (Å²) in [6.45, 7) is 5.39. The number of anilines is 1. The summed E-state index contributed by atoms with van der Waals surface area (Å²) in [4.78, 5) is 46.1. The number of halogens is 1. The van der Waals surface area contributed by atoms with Crippen molar-refractivity contribution in [2.45, 2.75) is 26.2 Å². The minimum absolute atomic E-state index is 0.0690. The summed E-state index contributed by atoms with van der Waals surface area (Å²) < 4.78 is 13.1. The van der Waals surface area contributed by atoms with Crippen LogP contribution in [0.2, 0.25) is 0 Å². The minimum Gasteiger partial charge on any atom is -0.342 e. The zero-order valence-electron chi connectivity index (χ0n) is 19.1. The lowest BCUT2D eigenvalue weighted by atomic mass is 9.60. The van der Waals surface area contributed by atoms with Crippen molar-refractivity contribution >= 4 is 23.7 Å². The third kappa shape index (κ3) is 3.57. The summed E-state index contributed by atoms with van der Waals surface area (Å²) in [5.41, 5.74) is -0.359. The van der Waals surface area contributed by atoms with Crippen LogP contribution >= 0.6 is 0 Å². The summed E-state index contributed by atoms with van der Waals surface area (Å²) in [7, 11) is 3.47. The highest BCUT2D eigenvalue weighted by Gasteiger charge is 2.66. The van der Waals surface area contributed by atoms with Gasteiger partial charge in [0.2, 0.25) is 5.91 Å². The van der Waals surface area contributed by atoms with Gasteiger partial charge in [0.1, 0.15) is 5.82 Å². The molecule has 1 aromatic carbocycles. The molecule has 3 fully saturated rings. The normalized spacial score (nSPS) is 24.5. The minimum atomic E-state index is -0.575. The van der Waals surface area contributed by atoms with Crippen molar-refractivity contribution in [1.29, 1.82) is 0 Å². The molecule has 0 aliphatic carbocycles. The maximum atomic E-state index is 13.5. The highest BCUT2D eigenvalue weighted by molar-refractivity contribution is 5.90. The van der Waals surface area contributed by atoms with E-state index >= 15 is 0 Å². The van der Waals surface area contributed by atoms with Crippen molar-refractivity contribution in [3.63, 3.8) is 0 Å². The van der Waals surface area contributed by atoms with Crippen LogP contribution in [0.5, 0.6) is 0 Å². The number of benzene rings is 1. The first-order chi connectivity index (χ1) is 15.2. The van der Waals surface area contributed by atoms with Gasteiger partial charge in [0.15, 0.2) is 0 Å². The maximum Gasteiger partial charge on any atom is 0.321 e. The van der Waals surface area contributed by atoms with Crippen molar-refractivity contribution in [1.82, 2.24) is 19.6 Å². The number of fused-ring (bicyclic) bond motifs is 1. The predicted molar refractivity (Wildman–Crippen MR) is 119 cm³/mol. The number of nitrogens with zero attached hydrogens (tertiary/aromatic N) is 4. The molecule has 3 aliphatic heterocycles. The Balaban J connectivity index is 1.51. The quantitative estimate of drug-likeness (QED) is 0.761. The van der Waals surface area contributed by atoms with Gasteiger partial charge in [-0.15, -0.1) is 0 Å². The second-order valence-corrected chi connectivity index (χ2v) is 9.45. The molecule has 0 aromatic heterocycles. The van der Waals surface area contributed by atoms with Gasteiger partial charge in [0.05, 0.1) is 5.41 Å². The van der Waals surface area contributed by atoms with E-state index in [4.69, 9.17) is 0 Å². The molecule has 4 rings (SSSR count). The van der Waals surface area contributed by atoms with Crippen molar-refractivity contribution in [2.75, 3.05) is 58.7 Å². The van der Waals surface area contributed by atoms with Crippen molar-refractivity contribution < 1.29 is 18.8 Å². The number of likely N-dealkylation sites (tertiary alicyclic amines) is 3. The van der Waals surface area contributed by atoms with E-state index in [9.17, 15) is 18.8 Å². The van der Waals surface area contributed by atoms with Gasteiger partial charge in [0, 0.05) is 64.5 Å². The van der Waals surface area contributed by atoms with Crippen LogP contribution in [-0.2, 0) is 4.79 Å². The predicted octanol–water partition coefficient (Wildman–Crippen LogP) is 2.68. The summed E-state index contributed by atoms with van der Waals surface area (Å²) in [6.07, 6.45) is 2.09. The average Bonchev–Trinajstić information content (AvgIpc) is 3.27. The average molecular weight is 446 g/mol. The lowest BCUT2D eigenvalue weighted by Gasteiger charge is -2.46. The smallest absolute Gasteiger partial charge is 0.321 e. The molecule has 9 heteroatoms. The number of rotatable bonds is 2. The molecule has 3 saturated heterocycles. The molecule has 0 radical (unpaired) electrons. The fraction of sp³-hybridized carbons (Fsp3) is 0.609. The zero-order chi connectivity index (χ0) is 23.1.